The van der Waals surface area contributed by atoms with Crippen molar-refractivity contribution in [2.75, 3.05) is 18.1 Å². The molecule has 1 aromatic carbocycles. The molecule has 1 N–H and O–H groups in total. The van der Waals surface area contributed by atoms with Gasteiger partial charge in [0.25, 0.3) is 0 Å². The topological polar surface area (TPSA) is 20.2 Å². The molecule has 1 nitrogen and oxygen atoms in total. The largest absolute Gasteiger partial charge is 1.00 e. The van der Waals surface area contributed by atoms with E-state index in [2.05, 4.69) is 31.2 Å². The summed E-state index contributed by atoms with van der Waals surface area (Å²) in [6.45, 7) is 2.47. The van der Waals surface area contributed by atoms with Crippen LogP contribution in [0.3, 0.4) is 0 Å². The van der Waals surface area contributed by atoms with Crippen LogP contribution in [0.5, 0.6) is 0 Å². The Balaban J connectivity index is 0.00000144. The third kappa shape index (κ3) is 4.33. The van der Waals surface area contributed by atoms with Gasteiger partial charge in [0.15, 0.2) is 4.90 Å². The van der Waals surface area contributed by atoms with Crippen molar-refractivity contribution in [1.82, 2.24) is 0 Å². The van der Waals surface area contributed by atoms with Crippen molar-refractivity contribution < 1.29 is 29.1 Å². The molecular weight excluding hydrogens is 295 g/mol. The van der Waals surface area contributed by atoms with E-state index in [1.165, 1.54) is 4.90 Å². The molecule has 0 heterocycles. The summed E-state index contributed by atoms with van der Waals surface area (Å²) < 4.78 is 0. The number of hydrogen-bond acceptors (Lipinski definition) is 1. The van der Waals surface area contributed by atoms with Crippen molar-refractivity contribution in [2.45, 2.75) is 11.8 Å². The molecule has 0 spiro atoms. The van der Waals surface area contributed by atoms with Crippen LogP contribution in [0.1, 0.15) is 6.92 Å². The summed E-state index contributed by atoms with van der Waals surface area (Å²) in [7, 11) is 0.255. The van der Waals surface area contributed by atoms with E-state index in [1.54, 1.807) is 0 Å². The van der Waals surface area contributed by atoms with Crippen molar-refractivity contribution in [2.24, 2.45) is 0 Å². The molecule has 0 amide bonds. The number of aliphatic hydroxyl groups is 1. The first kappa shape index (κ1) is 13.3. The van der Waals surface area contributed by atoms with Crippen molar-refractivity contribution in [3.8, 4) is 0 Å². The molecule has 74 valence electrons. The molecule has 1 atom stereocenters. The molecule has 0 saturated heterocycles. The lowest BCUT2D eigenvalue weighted by atomic mass is 10.4. The minimum atomic E-state index is 0. The minimum Gasteiger partial charge on any atom is -1.00 e. The van der Waals surface area contributed by atoms with Gasteiger partial charge in [-0.15, -0.1) is 0 Å². The molecule has 0 aliphatic heterocycles. The zero-order valence-electron chi connectivity index (χ0n) is 7.74. The first-order valence-electron chi connectivity index (χ1n) is 4.22. The molecule has 3 heteroatoms. The van der Waals surface area contributed by atoms with Crippen LogP contribution < -0.4 is 24.0 Å². The highest BCUT2D eigenvalue weighted by Crippen LogP contribution is 2.12. The highest BCUT2D eigenvalue weighted by Gasteiger charge is 2.16. The maximum Gasteiger partial charge on any atom is 0.154 e. The van der Waals surface area contributed by atoms with Gasteiger partial charge in [0.1, 0.15) is 11.5 Å². The molecule has 0 aliphatic carbocycles. The maximum absolute atomic E-state index is 8.84. The quantitative estimate of drug-likeness (QED) is 0.540. The summed E-state index contributed by atoms with van der Waals surface area (Å²) in [5, 5.41) is 8.84. The smallest absolute Gasteiger partial charge is 0.154 e. The molecule has 0 saturated carbocycles. The Labute approximate surface area is 99.9 Å². The summed E-state index contributed by atoms with van der Waals surface area (Å²) in [6.07, 6.45) is 0. The van der Waals surface area contributed by atoms with Crippen LogP contribution >= 0.6 is 0 Å². The summed E-state index contributed by atoms with van der Waals surface area (Å²) in [5.41, 5.74) is 0. The normalized spacial score (nSPS) is 11.8. The number of aliphatic hydroxyl groups excluding tert-OH is 1. The van der Waals surface area contributed by atoms with Gasteiger partial charge in [0.2, 0.25) is 0 Å². The fourth-order valence-corrected chi connectivity index (χ4v) is 2.77. The summed E-state index contributed by atoms with van der Waals surface area (Å²) in [6, 6.07) is 10.4. The molecule has 0 radical (unpaired) electrons. The SMILES string of the molecule is CC[S+](CCO)c1ccccc1.[I-]. The second kappa shape index (κ2) is 7.64. The van der Waals surface area contributed by atoms with Crippen molar-refractivity contribution in [3.63, 3.8) is 0 Å². The lowest BCUT2D eigenvalue weighted by Gasteiger charge is -2.02. The Bertz CT molecular complexity index is 215. The highest BCUT2D eigenvalue weighted by molar-refractivity contribution is 7.96. The van der Waals surface area contributed by atoms with Gasteiger partial charge < -0.3 is 29.1 Å². The number of hydrogen-bond donors (Lipinski definition) is 1. The minimum absolute atomic E-state index is 0. The van der Waals surface area contributed by atoms with E-state index >= 15 is 0 Å². The predicted octanol–water partition coefficient (Wildman–Crippen LogP) is -1.32. The van der Waals surface area contributed by atoms with E-state index in [-0.39, 0.29) is 34.9 Å². The molecular formula is C10H15IOS. The molecule has 0 aliphatic rings. The predicted molar refractivity (Wildman–Crippen MR) is 54.6 cm³/mol. The van der Waals surface area contributed by atoms with Gasteiger partial charge in [-0.1, -0.05) is 18.2 Å². The average Bonchev–Trinajstić information content (AvgIpc) is 2.15. The summed E-state index contributed by atoms with van der Waals surface area (Å²) in [4.78, 5) is 1.37. The zero-order chi connectivity index (χ0) is 8.81. The van der Waals surface area contributed by atoms with Crippen LogP contribution in [-0.4, -0.2) is 23.2 Å². The van der Waals surface area contributed by atoms with E-state index < -0.39 is 0 Å². The molecule has 13 heavy (non-hydrogen) atoms. The fraction of sp³-hybridized carbons (Fsp3) is 0.400. The van der Waals surface area contributed by atoms with Crippen LogP contribution in [0.4, 0.5) is 0 Å². The molecule has 1 aromatic rings. The van der Waals surface area contributed by atoms with Gasteiger partial charge in [-0.05, 0) is 19.1 Å². The van der Waals surface area contributed by atoms with Crippen LogP contribution in [0.2, 0.25) is 0 Å². The summed E-state index contributed by atoms with van der Waals surface area (Å²) in [5.74, 6) is 2.03. The fourth-order valence-electron chi connectivity index (χ4n) is 1.15. The third-order valence-corrected chi connectivity index (χ3v) is 4.07. The maximum atomic E-state index is 8.84. The number of rotatable bonds is 4. The van der Waals surface area contributed by atoms with Gasteiger partial charge in [0.05, 0.1) is 6.61 Å². The van der Waals surface area contributed by atoms with Gasteiger partial charge in [-0.3, -0.25) is 0 Å². The number of halogens is 1. The second-order valence-corrected chi connectivity index (χ2v) is 4.96. The van der Waals surface area contributed by atoms with Gasteiger partial charge in [0, 0.05) is 10.9 Å². The Morgan fingerprint density at radius 1 is 1.23 bits per heavy atom. The molecule has 0 fully saturated rings. The van der Waals surface area contributed by atoms with E-state index in [4.69, 9.17) is 5.11 Å². The Hall–Kier alpha value is 0.260. The van der Waals surface area contributed by atoms with E-state index in [0.717, 1.165) is 11.5 Å². The van der Waals surface area contributed by atoms with Crippen molar-refractivity contribution in [3.05, 3.63) is 30.3 Å². The molecule has 0 aromatic heterocycles. The zero-order valence-corrected chi connectivity index (χ0v) is 10.7. The summed E-state index contributed by atoms with van der Waals surface area (Å²) >= 11 is 0. The molecule has 0 bridgehead atoms. The van der Waals surface area contributed by atoms with Crippen molar-refractivity contribution in [1.29, 1.82) is 0 Å². The second-order valence-electron chi connectivity index (χ2n) is 2.52. The number of benzene rings is 1. The van der Waals surface area contributed by atoms with Crippen LogP contribution in [-0.2, 0) is 10.9 Å². The highest BCUT2D eigenvalue weighted by atomic mass is 127. The molecule has 1 unspecified atom stereocenters. The van der Waals surface area contributed by atoms with Gasteiger partial charge in [-0.25, -0.2) is 0 Å². The lowest BCUT2D eigenvalue weighted by Crippen LogP contribution is -3.00. The van der Waals surface area contributed by atoms with E-state index in [0.29, 0.717) is 6.61 Å². The molecule has 1 rings (SSSR count). The Morgan fingerprint density at radius 3 is 2.31 bits per heavy atom. The van der Waals surface area contributed by atoms with E-state index in [1.807, 2.05) is 6.07 Å². The van der Waals surface area contributed by atoms with E-state index in [9.17, 15) is 0 Å². The average molecular weight is 310 g/mol. The monoisotopic (exact) mass is 310 g/mol. The lowest BCUT2D eigenvalue weighted by molar-refractivity contribution is -0.00000364. The Morgan fingerprint density at radius 2 is 1.85 bits per heavy atom. The third-order valence-electron chi connectivity index (χ3n) is 1.76. The van der Waals surface area contributed by atoms with Gasteiger partial charge in [-0.2, -0.15) is 0 Å². The first-order valence-corrected chi connectivity index (χ1v) is 5.78. The first-order chi connectivity index (χ1) is 5.88. The van der Waals surface area contributed by atoms with Crippen LogP contribution in [0.15, 0.2) is 35.2 Å². The van der Waals surface area contributed by atoms with Crippen LogP contribution in [0, 0.1) is 0 Å². The Kier molecular flexibility index (Phi) is 7.80. The standard InChI is InChI=1S/C10H15OS.HI/c1-2-12(9-8-11)10-6-4-3-5-7-10;/h3-7,11H,2,8-9H2,1H3;1H/q+1;/p-1. The van der Waals surface area contributed by atoms with Gasteiger partial charge >= 0.3 is 0 Å². The van der Waals surface area contributed by atoms with Crippen LogP contribution in [0.25, 0.3) is 0 Å². The van der Waals surface area contributed by atoms with Crippen molar-refractivity contribution >= 4 is 10.9 Å².